The number of hydrogen-bond acceptors (Lipinski definition) is 2. The Hall–Kier alpha value is -0.0800. The van der Waals surface area contributed by atoms with Crippen LogP contribution in [0.4, 0.5) is 0 Å². The van der Waals surface area contributed by atoms with E-state index in [1.807, 2.05) is 0 Å². The van der Waals surface area contributed by atoms with Gasteiger partial charge in [0.2, 0.25) is 0 Å². The molecular formula is C11H24N2. The fraction of sp³-hybridized carbons (Fsp3) is 1.00. The predicted octanol–water partition coefficient (Wildman–Crippen LogP) is 1.85. The lowest BCUT2D eigenvalue weighted by Crippen LogP contribution is -2.46. The minimum absolute atomic E-state index is 0.662. The van der Waals surface area contributed by atoms with Crippen LogP contribution in [0, 0.1) is 5.92 Å². The fourth-order valence-corrected chi connectivity index (χ4v) is 2.20. The number of nitrogens with zero attached hydrogens (tertiary/aromatic N) is 1. The van der Waals surface area contributed by atoms with Crippen molar-refractivity contribution in [1.82, 2.24) is 4.90 Å². The van der Waals surface area contributed by atoms with Crippen molar-refractivity contribution in [1.29, 1.82) is 0 Å². The van der Waals surface area contributed by atoms with Gasteiger partial charge >= 0.3 is 0 Å². The van der Waals surface area contributed by atoms with Gasteiger partial charge in [-0.05, 0) is 38.3 Å². The number of hydrogen-bond donors (Lipinski definition) is 1. The topological polar surface area (TPSA) is 29.3 Å². The largest absolute Gasteiger partial charge is 0.329 e. The molecule has 1 fully saturated rings. The minimum atomic E-state index is 0.662. The van der Waals surface area contributed by atoms with Gasteiger partial charge in [-0.15, -0.1) is 0 Å². The number of piperidine rings is 1. The van der Waals surface area contributed by atoms with Crippen molar-refractivity contribution in [2.75, 3.05) is 19.6 Å². The summed E-state index contributed by atoms with van der Waals surface area (Å²) in [6.07, 6.45) is 5.29. The summed E-state index contributed by atoms with van der Waals surface area (Å²) in [6, 6.07) is 0.662. The lowest BCUT2D eigenvalue weighted by molar-refractivity contribution is 0.121. The first-order valence-electron chi connectivity index (χ1n) is 5.72. The standard InChI is InChI=1S/C11H24N2/c1-3-4-6-13-7-5-10(2)8-11(13)9-12/h10-11H,3-9,12H2,1-2H3. The molecule has 0 saturated carbocycles. The van der Waals surface area contributed by atoms with E-state index in [2.05, 4.69) is 18.7 Å². The second-order valence-electron chi connectivity index (χ2n) is 4.41. The van der Waals surface area contributed by atoms with Gasteiger partial charge in [-0.1, -0.05) is 20.3 Å². The molecule has 1 saturated heterocycles. The van der Waals surface area contributed by atoms with E-state index >= 15 is 0 Å². The molecular weight excluding hydrogens is 160 g/mol. The van der Waals surface area contributed by atoms with E-state index in [0.29, 0.717) is 6.04 Å². The average Bonchev–Trinajstić information content (AvgIpc) is 2.16. The van der Waals surface area contributed by atoms with Crippen LogP contribution in [0.25, 0.3) is 0 Å². The van der Waals surface area contributed by atoms with E-state index in [4.69, 9.17) is 5.73 Å². The lowest BCUT2D eigenvalue weighted by atomic mass is 9.92. The molecule has 0 aliphatic carbocycles. The molecule has 1 rings (SSSR count). The Balaban J connectivity index is 2.33. The van der Waals surface area contributed by atoms with Crippen molar-refractivity contribution in [3.8, 4) is 0 Å². The number of rotatable bonds is 4. The average molecular weight is 184 g/mol. The number of nitrogens with two attached hydrogens (primary N) is 1. The Morgan fingerprint density at radius 3 is 2.85 bits per heavy atom. The molecule has 0 radical (unpaired) electrons. The molecule has 13 heavy (non-hydrogen) atoms. The van der Waals surface area contributed by atoms with Crippen molar-refractivity contribution >= 4 is 0 Å². The molecule has 2 N–H and O–H groups in total. The Kier molecular flexibility index (Phi) is 4.74. The summed E-state index contributed by atoms with van der Waals surface area (Å²) in [5, 5.41) is 0. The molecule has 2 unspecified atom stereocenters. The molecule has 78 valence electrons. The van der Waals surface area contributed by atoms with Gasteiger partial charge in [0.1, 0.15) is 0 Å². The van der Waals surface area contributed by atoms with Crippen LogP contribution in [-0.4, -0.2) is 30.6 Å². The van der Waals surface area contributed by atoms with Crippen molar-refractivity contribution in [3.63, 3.8) is 0 Å². The molecule has 0 amide bonds. The molecule has 0 aromatic rings. The Morgan fingerprint density at radius 2 is 2.23 bits per heavy atom. The van der Waals surface area contributed by atoms with Crippen LogP contribution in [0.1, 0.15) is 39.5 Å². The van der Waals surface area contributed by atoms with Gasteiger partial charge in [0.15, 0.2) is 0 Å². The monoisotopic (exact) mass is 184 g/mol. The van der Waals surface area contributed by atoms with Gasteiger partial charge in [-0.2, -0.15) is 0 Å². The van der Waals surface area contributed by atoms with Gasteiger partial charge < -0.3 is 5.73 Å². The molecule has 1 aliphatic heterocycles. The first kappa shape index (κ1) is 11.0. The maximum atomic E-state index is 5.79. The highest BCUT2D eigenvalue weighted by atomic mass is 15.2. The van der Waals surface area contributed by atoms with E-state index in [9.17, 15) is 0 Å². The van der Waals surface area contributed by atoms with Gasteiger partial charge in [0.05, 0.1) is 0 Å². The van der Waals surface area contributed by atoms with Gasteiger partial charge in [-0.25, -0.2) is 0 Å². The summed E-state index contributed by atoms with van der Waals surface area (Å²) in [4.78, 5) is 2.59. The highest BCUT2D eigenvalue weighted by Crippen LogP contribution is 2.21. The summed E-state index contributed by atoms with van der Waals surface area (Å²) >= 11 is 0. The molecule has 2 atom stereocenters. The lowest BCUT2D eigenvalue weighted by Gasteiger charge is -2.37. The third-order valence-electron chi connectivity index (χ3n) is 3.17. The van der Waals surface area contributed by atoms with E-state index in [0.717, 1.165) is 12.5 Å². The molecule has 2 heteroatoms. The normalized spacial score (nSPS) is 30.7. The van der Waals surface area contributed by atoms with Crippen LogP contribution in [-0.2, 0) is 0 Å². The minimum Gasteiger partial charge on any atom is -0.329 e. The summed E-state index contributed by atoms with van der Waals surface area (Å²) in [6.45, 7) is 7.96. The highest BCUT2D eigenvalue weighted by molar-refractivity contribution is 4.80. The van der Waals surface area contributed by atoms with Crippen LogP contribution in [0.15, 0.2) is 0 Å². The first-order chi connectivity index (χ1) is 6.27. The second kappa shape index (κ2) is 5.61. The third-order valence-corrected chi connectivity index (χ3v) is 3.17. The summed E-state index contributed by atoms with van der Waals surface area (Å²) < 4.78 is 0. The molecule has 0 spiro atoms. The number of likely N-dealkylation sites (tertiary alicyclic amines) is 1. The van der Waals surface area contributed by atoms with Crippen molar-refractivity contribution in [3.05, 3.63) is 0 Å². The zero-order valence-electron chi connectivity index (χ0n) is 9.13. The van der Waals surface area contributed by atoms with Crippen LogP contribution < -0.4 is 5.73 Å². The van der Waals surface area contributed by atoms with Crippen molar-refractivity contribution < 1.29 is 0 Å². The molecule has 0 aromatic carbocycles. The number of unbranched alkanes of at least 4 members (excludes halogenated alkanes) is 1. The molecule has 1 heterocycles. The van der Waals surface area contributed by atoms with Gasteiger partial charge in [0, 0.05) is 12.6 Å². The van der Waals surface area contributed by atoms with E-state index < -0.39 is 0 Å². The van der Waals surface area contributed by atoms with Crippen LogP contribution in [0.5, 0.6) is 0 Å². The molecule has 0 bridgehead atoms. The summed E-state index contributed by atoms with van der Waals surface area (Å²) in [5.74, 6) is 0.881. The summed E-state index contributed by atoms with van der Waals surface area (Å²) in [5.41, 5.74) is 5.79. The quantitative estimate of drug-likeness (QED) is 0.722. The van der Waals surface area contributed by atoms with Crippen LogP contribution in [0.2, 0.25) is 0 Å². The van der Waals surface area contributed by atoms with Crippen LogP contribution >= 0.6 is 0 Å². The molecule has 0 aromatic heterocycles. The predicted molar refractivity (Wildman–Crippen MR) is 57.7 cm³/mol. The maximum Gasteiger partial charge on any atom is 0.0220 e. The van der Waals surface area contributed by atoms with Gasteiger partial charge in [0.25, 0.3) is 0 Å². The zero-order valence-corrected chi connectivity index (χ0v) is 9.13. The smallest absolute Gasteiger partial charge is 0.0220 e. The third kappa shape index (κ3) is 3.28. The second-order valence-corrected chi connectivity index (χ2v) is 4.41. The Morgan fingerprint density at radius 1 is 1.46 bits per heavy atom. The SMILES string of the molecule is CCCCN1CCC(C)CC1CN. The molecule has 2 nitrogen and oxygen atoms in total. The fourth-order valence-electron chi connectivity index (χ4n) is 2.20. The molecule has 1 aliphatic rings. The Labute approximate surface area is 82.5 Å². The maximum absolute atomic E-state index is 5.79. The zero-order chi connectivity index (χ0) is 9.68. The van der Waals surface area contributed by atoms with Gasteiger partial charge in [-0.3, -0.25) is 4.90 Å². The highest BCUT2D eigenvalue weighted by Gasteiger charge is 2.24. The summed E-state index contributed by atoms with van der Waals surface area (Å²) in [7, 11) is 0. The van der Waals surface area contributed by atoms with E-state index in [-0.39, 0.29) is 0 Å². The van der Waals surface area contributed by atoms with E-state index in [1.54, 1.807) is 0 Å². The van der Waals surface area contributed by atoms with Crippen molar-refractivity contribution in [2.45, 2.75) is 45.6 Å². The van der Waals surface area contributed by atoms with Crippen molar-refractivity contribution in [2.24, 2.45) is 11.7 Å². The van der Waals surface area contributed by atoms with Crippen LogP contribution in [0.3, 0.4) is 0 Å². The Bertz CT molecular complexity index is 134. The van der Waals surface area contributed by atoms with E-state index in [1.165, 1.54) is 38.8 Å². The first-order valence-corrected chi connectivity index (χ1v) is 5.72.